The van der Waals surface area contributed by atoms with Crippen molar-refractivity contribution in [2.24, 2.45) is 0 Å². The number of nitrogens with zero attached hydrogens (tertiary/aromatic N) is 1. The molecular formula is C27H19ClN2O3. The SMILES string of the molecule is O=C(COc1ccc(Cl)cc1)Nc1ccc2oc(-c3ccc(-c4ccccc4)cc3)nc2c1. The quantitative estimate of drug-likeness (QED) is 0.305. The zero-order valence-electron chi connectivity index (χ0n) is 17.5. The van der Waals surface area contributed by atoms with Gasteiger partial charge in [-0.15, -0.1) is 0 Å². The molecule has 0 saturated heterocycles. The maximum Gasteiger partial charge on any atom is 0.262 e. The number of carbonyl (C=O) groups is 1. The van der Waals surface area contributed by atoms with E-state index in [0.29, 0.717) is 33.4 Å². The van der Waals surface area contributed by atoms with Crippen LogP contribution in [-0.4, -0.2) is 17.5 Å². The van der Waals surface area contributed by atoms with Crippen molar-refractivity contribution in [3.63, 3.8) is 0 Å². The summed E-state index contributed by atoms with van der Waals surface area (Å²) in [5.74, 6) is 0.827. The van der Waals surface area contributed by atoms with Crippen LogP contribution < -0.4 is 10.1 Å². The van der Waals surface area contributed by atoms with E-state index >= 15 is 0 Å². The van der Waals surface area contributed by atoms with Crippen molar-refractivity contribution in [3.05, 3.63) is 102 Å². The summed E-state index contributed by atoms with van der Waals surface area (Å²) in [6.45, 7) is -0.114. The van der Waals surface area contributed by atoms with Gasteiger partial charge in [-0.3, -0.25) is 4.79 Å². The van der Waals surface area contributed by atoms with Crippen LogP contribution in [0.25, 0.3) is 33.7 Å². The number of nitrogens with one attached hydrogen (secondary N) is 1. The minimum atomic E-state index is -0.274. The van der Waals surface area contributed by atoms with Crippen LogP contribution in [0, 0.1) is 0 Å². The molecule has 0 fully saturated rings. The Bertz CT molecular complexity index is 1400. The molecule has 0 aliphatic heterocycles. The lowest BCUT2D eigenvalue weighted by Gasteiger charge is -2.07. The lowest BCUT2D eigenvalue weighted by Crippen LogP contribution is -2.20. The normalized spacial score (nSPS) is 10.8. The van der Waals surface area contributed by atoms with Crippen molar-refractivity contribution in [2.75, 3.05) is 11.9 Å². The number of hydrogen-bond donors (Lipinski definition) is 1. The standard InChI is InChI=1S/C27H19ClN2O3/c28-21-10-13-23(14-11-21)32-17-26(31)29-22-12-15-25-24(16-22)30-27(33-25)20-8-6-19(7-9-20)18-4-2-1-3-5-18/h1-16H,17H2,(H,29,31). The molecule has 0 aliphatic carbocycles. The molecule has 0 bridgehead atoms. The number of anilines is 1. The monoisotopic (exact) mass is 454 g/mol. The number of aromatic nitrogens is 1. The van der Waals surface area contributed by atoms with Gasteiger partial charge in [0.15, 0.2) is 12.2 Å². The molecule has 4 aromatic carbocycles. The summed E-state index contributed by atoms with van der Waals surface area (Å²) in [6.07, 6.45) is 0. The first-order chi connectivity index (χ1) is 16.1. The summed E-state index contributed by atoms with van der Waals surface area (Å²) in [7, 11) is 0. The van der Waals surface area contributed by atoms with E-state index in [9.17, 15) is 4.79 Å². The fourth-order valence-corrected chi connectivity index (χ4v) is 3.57. The molecule has 0 saturated carbocycles. The van der Waals surface area contributed by atoms with Gasteiger partial charge in [0.25, 0.3) is 5.91 Å². The molecule has 5 rings (SSSR count). The number of carbonyl (C=O) groups excluding carboxylic acids is 1. The first kappa shape index (κ1) is 20.8. The van der Waals surface area contributed by atoms with Crippen LogP contribution in [0.4, 0.5) is 5.69 Å². The summed E-state index contributed by atoms with van der Waals surface area (Å²) < 4.78 is 11.4. The smallest absolute Gasteiger partial charge is 0.262 e. The topological polar surface area (TPSA) is 64.4 Å². The third kappa shape index (κ3) is 4.89. The Labute approximate surface area is 195 Å². The zero-order chi connectivity index (χ0) is 22.6. The predicted octanol–water partition coefficient (Wildman–Crippen LogP) is 6.83. The van der Waals surface area contributed by atoms with Crippen LogP contribution in [0.5, 0.6) is 5.75 Å². The maximum atomic E-state index is 12.3. The molecule has 1 N–H and O–H groups in total. The van der Waals surface area contributed by atoms with E-state index in [1.54, 1.807) is 42.5 Å². The van der Waals surface area contributed by atoms with Crippen LogP contribution in [0.2, 0.25) is 5.02 Å². The van der Waals surface area contributed by atoms with Gasteiger partial charge >= 0.3 is 0 Å². The molecule has 0 spiro atoms. The largest absolute Gasteiger partial charge is 0.484 e. The number of benzene rings is 4. The molecule has 0 unspecified atom stereocenters. The van der Waals surface area contributed by atoms with E-state index < -0.39 is 0 Å². The highest BCUT2D eigenvalue weighted by Crippen LogP contribution is 2.28. The molecule has 0 radical (unpaired) electrons. The number of ether oxygens (including phenoxy) is 1. The molecule has 162 valence electrons. The van der Waals surface area contributed by atoms with Gasteiger partial charge in [-0.1, -0.05) is 54.1 Å². The Morgan fingerprint density at radius 2 is 1.55 bits per heavy atom. The Morgan fingerprint density at radius 1 is 0.848 bits per heavy atom. The summed E-state index contributed by atoms with van der Waals surface area (Å²) in [5.41, 5.74) is 5.09. The minimum absolute atomic E-state index is 0.114. The number of rotatable bonds is 6. The summed E-state index contributed by atoms with van der Waals surface area (Å²) in [4.78, 5) is 16.9. The Hall–Kier alpha value is -4.09. The fraction of sp³-hybridized carbons (Fsp3) is 0.0370. The number of oxazole rings is 1. The molecule has 33 heavy (non-hydrogen) atoms. The van der Waals surface area contributed by atoms with Crippen molar-refractivity contribution < 1.29 is 13.9 Å². The molecule has 6 heteroatoms. The lowest BCUT2D eigenvalue weighted by atomic mass is 10.0. The summed E-state index contributed by atoms with van der Waals surface area (Å²) in [5, 5.41) is 3.43. The van der Waals surface area contributed by atoms with Crippen molar-refractivity contribution in [1.82, 2.24) is 4.98 Å². The molecule has 5 aromatic rings. The number of fused-ring (bicyclic) bond motifs is 1. The van der Waals surface area contributed by atoms with E-state index in [1.807, 2.05) is 42.5 Å². The second-order valence-corrected chi connectivity index (χ2v) is 7.87. The predicted molar refractivity (Wildman–Crippen MR) is 130 cm³/mol. The molecular weight excluding hydrogens is 436 g/mol. The lowest BCUT2D eigenvalue weighted by molar-refractivity contribution is -0.118. The van der Waals surface area contributed by atoms with Gasteiger partial charge < -0.3 is 14.5 Å². The van der Waals surface area contributed by atoms with E-state index in [0.717, 1.165) is 16.7 Å². The van der Waals surface area contributed by atoms with Gasteiger partial charge in [0.2, 0.25) is 5.89 Å². The zero-order valence-corrected chi connectivity index (χ0v) is 18.3. The average Bonchev–Trinajstić information content (AvgIpc) is 3.28. The van der Waals surface area contributed by atoms with Gasteiger partial charge in [0.1, 0.15) is 11.3 Å². The van der Waals surface area contributed by atoms with Gasteiger partial charge in [0, 0.05) is 16.3 Å². The third-order valence-electron chi connectivity index (χ3n) is 5.09. The highest BCUT2D eigenvalue weighted by atomic mass is 35.5. The van der Waals surface area contributed by atoms with E-state index in [-0.39, 0.29) is 12.5 Å². The van der Waals surface area contributed by atoms with Gasteiger partial charge in [-0.25, -0.2) is 4.98 Å². The van der Waals surface area contributed by atoms with Crippen molar-refractivity contribution in [1.29, 1.82) is 0 Å². The second-order valence-electron chi connectivity index (χ2n) is 7.44. The molecule has 5 nitrogen and oxygen atoms in total. The van der Waals surface area contributed by atoms with Gasteiger partial charge in [0.05, 0.1) is 0 Å². The molecule has 1 amide bonds. The van der Waals surface area contributed by atoms with E-state index in [2.05, 4.69) is 22.4 Å². The Balaban J connectivity index is 1.27. The van der Waals surface area contributed by atoms with Crippen molar-refractivity contribution in [2.45, 2.75) is 0 Å². The molecule has 0 aliphatic rings. The van der Waals surface area contributed by atoms with E-state index in [1.165, 1.54) is 0 Å². The van der Waals surface area contributed by atoms with Crippen LogP contribution >= 0.6 is 11.6 Å². The minimum Gasteiger partial charge on any atom is -0.484 e. The fourth-order valence-electron chi connectivity index (χ4n) is 3.44. The Kier molecular flexibility index (Phi) is 5.79. The second kappa shape index (κ2) is 9.18. The van der Waals surface area contributed by atoms with Crippen LogP contribution in [-0.2, 0) is 4.79 Å². The third-order valence-corrected chi connectivity index (χ3v) is 5.35. The maximum absolute atomic E-state index is 12.3. The number of halogens is 1. The van der Waals surface area contributed by atoms with Crippen LogP contribution in [0.1, 0.15) is 0 Å². The number of amides is 1. The highest BCUT2D eigenvalue weighted by Gasteiger charge is 2.11. The Morgan fingerprint density at radius 3 is 2.30 bits per heavy atom. The molecule has 1 heterocycles. The van der Waals surface area contributed by atoms with Crippen LogP contribution in [0.15, 0.2) is 101 Å². The summed E-state index contributed by atoms with van der Waals surface area (Å²) in [6, 6.07) is 30.4. The molecule has 1 aromatic heterocycles. The first-order valence-corrected chi connectivity index (χ1v) is 10.8. The van der Waals surface area contributed by atoms with Crippen molar-refractivity contribution in [3.8, 4) is 28.3 Å². The van der Waals surface area contributed by atoms with Gasteiger partial charge in [-0.05, 0) is 65.7 Å². The highest BCUT2D eigenvalue weighted by molar-refractivity contribution is 6.30. The average molecular weight is 455 g/mol. The molecule has 0 atom stereocenters. The van der Waals surface area contributed by atoms with Crippen molar-refractivity contribution >= 4 is 34.3 Å². The van der Waals surface area contributed by atoms with Gasteiger partial charge in [-0.2, -0.15) is 0 Å². The number of hydrogen-bond acceptors (Lipinski definition) is 4. The first-order valence-electron chi connectivity index (χ1n) is 10.4. The summed E-state index contributed by atoms with van der Waals surface area (Å²) >= 11 is 5.85. The van der Waals surface area contributed by atoms with Crippen LogP contribution in [0.3, 0.4) is 0 Å². The van der Waals surface area contributed by atoms with E-state index in [4.69, 9.17) is 20.8 Å².